The zero-order valence-electron chi connectivity index (χ0n) is 10.5. The van der Waals surface area contributed by atoms with Crippen molar-refractivity contribution in [2.24, 2.45) is 0 Å². The fraction of sp³-hybridized carbons (Fsp3) is 0.429. The number of nitrogens with zero attached hydrogens (tertiary/aromatic N) is 1. The number of aromatic nitrogens is 1. The lowest BCUT2D eigenvalue weighted by Gasteiger charge is -2.14. The number of aliphatic hydroxyl groups is 1. The molecule has 0 bridgehead atoms. The molecule has 1 fully saturated rings. The molecule has 102 valence electrons. The largest absolute Gasteiger partial charge is 0.392 e. The molecule has 0 amide bonds. The molecule has 5 heteroatoms. The Morgan fingerprint density at radius 1 is 1.37 bits per heavy atom. The van der Waals surface area contributed by atoms with Crippen molar-refractivity contribution in [2.45, 2.75) is 18.9 Å². The van der Waals surface area contributed by atoms with E-state index in [-0.39, 0.29) is 6.10 Å². The van der Waals surface area contributed by atoms with E-state index >= 15 is 0 Å². The second-order valence-corrected chi connectivity index (χ2v) is 5.12. The second kappa shape index (κ2) is 4.90. The molecule has 0 saturated carbocycles. The topological polar surface area (TPSA) is 39.3 Å². The molecule has 0 radical (unpaired) electrons. The molecule has 1 unspecified atom stereocenters. The normalized spacial score (nSPS) is 20.5. The standard InChI is InChI=1S/C14H16F2N2O/c15-10-5-12(16)14-9(7-17-13(14)6-10)1-3-18-4-2-11(19)8-18/h5-7,11,17,19H,1-4,8H2. The van der Waals surface area contributed by atoms with Gasteiger partial charge in [-0.05, 0) is 24.5 Å². The monoisotopic (exact) mass is 266 g/mol. The molecule has 2 aromatic rings. The fourth-order valence-corrected chi connectivity index (χ4v) is 2.74. The van der Waals surface area contributed by atoms with Crippen LogP contribution < -0.4 is 0 Å². The summed E-state index contributed by atoms with van der Waals surface area (Å²) in [5.74, 6) is -1.09. The Morgan fingerprint density at radius 2 is 2.21 bits per heavy atom. The van der Waals surface area contributed by atoms with Crippen LogP contribution in [0.3, 0.4) is 0 Å². The first-order chi connectivity index (χ1) is 9.13. The molecular weight excluding hydrogens is 250 g/mol. The SMILES string of the molecule is OC1CCN(CCc2c[nH]c3cc(F)cc(F)c23)C1. The van der Waals surface area contributed by atoms with Crippen LogP contribution in [0.1, 0.15) is 12.0 Å². The molecule has 1 aromatic carbocycles. The molecule has 0 aliphatic carbocycles. The summed E-state index contributed by atoms with van der Waals surface area (Å²) in [7, 11) is 0. The average Bonchev–Trinajstić information content (AvgIpc) is 2.93. The van der Waals surface area contributed by atoms with Gasteiger partial charge in [-0.1, -0.05) is 0 Å². The summed E-state index contributed by atoms with van der Waals surface area (Å²) in [5.41, 5.74) is 1.35. The molecule has 2 N–H and O–H groups in total. The predicted molar refractivity (Wildman–Crippen MR) is 69.0 cm³/mol. The molecule has 3 nitrogen and oxygen atoms in total. The third-order valence-corrected chi connectivity index (χ3v) is 3.72. The number of aromatic amines is 1. The van der Waals surface area contributed by atoms with Crippen LogP contribution in [0.15, 0.2) is 18.3 Å². The minimum atomic E-state index is -0.568. The lowest BCUT2D eigenvalue weighted by Crippen LogP contribution is -2.24. The number of hydrogen-bond donors (Lipinski definition) is 2. The minimum absolute atomic E-state index is 0.242. The van der Waals surface area contributed by atoms with Crippen LogP contribution in [-0.2, 0) is 6.42 Å². The molecule has 1 saturated heterocycles. The van der Waals surface area contributed by atoms with E-state index in [0.29, 0.717) is 23.9 Å². The van der Waals surface area contributed by atoms with Crippen LogP contribution in [-0.4, -0.2) is 40.7 Å². The number of likely N-dealkylation sites (tertiary alicyclic amines) is 1. The lowest BCUT2D eigenvalue weighted by atomic mass is 10.1. The summed E-state index contributed by atoms with van der Waals surface area (Å²) in [5, 5.41) is 9.93. The molecule has 0 spiro atoms. The third kappa shape index (κ3) is 2.48. The van der Waals surface area contributed by atoms with Crippen molar-refractivity contribution >= 4 is 10.9 Å². The van der Waals surface area contributed by atoms with Gasteiger partial charge >= 0.3 is 0 Å². The Labute approximate surface area is 109 Å². The van der Waals surface area contributed by atoms with Crippen molar-refractivity contribution < 1.29 is 13.9 Å². The number of hydrogen-bond acceptors (Lipinski definition) is 2. The van der Waals surface area contributed by atoms with Crippen LogP contribution >= 0.6 is 0 Å². The summed E-state index contributed by atoms with van der Waals surface area (Å²) >= 11 is 0. The molecule has 2 heterocycles. The number of aliphatic hydroxyl groups excluding tert-OH is 1. The highest BCUT2D eigenvalue weighted by Crippen LogP contribution is 2.24. The molecule has 19 heavy (non-hydrogen) atoms. The van der Waals surface area contributed by atoms with Crippen molar-refractivity contribution in [2.75, 3.05) is 19.6 Å². The van der Waals surface area contributed by atoms with E-state index < -0.39 is 11.6 Å². The smallest absolute Gasteiger partial charge is 0.135 e. The first kappa shape index (κ1) is 12.6. The van der Waals surface area contributed by atoms with Gasteiger partial charge in [-0.3, -0.25) is 0 Å². The molecule has 3 rings (SSSR count). The highest BCUT2D eigenvalue weighted by atomic mass is 19.1. The zero-order valence-corrected chi connectivity index (χ0v) is 10.5. The van der Waals surface area contributed by atoms with E-state index in [1.807, 2.05) is 0 Å². The van der Waals surface area contributed by atoms with E-state index in [2.05, 4.69) is 9.88 Å². The van der Waals surface area contributed by atoms with E-state index in [4.69, 9.17) is 0 Å². The van der Waals surface area contributed by atoms with Crippen molar-refractivity contribution in [1.29, 1.82) is 0 Å². The van der Waals surface area contributed by atoms with E-state index in [1.165, 1.54) is 6.07 Å². The number of nitrogens with one attached hydrogen (secondary N) is 1. The quantitative estimate of drug-likeness (QED) is 0.892. The molecule has 1 aliphatic heterocycles. The Balaban J connectivity index is 1.78. The number of β-amino-alcohol motifs (C(OH)–C–C–N with tert-alkyl or cyclic N) is 1. The minimum Gasteiger partial charge on any atom is -0.392 e. The zero-order chi connectivity index (χ0) is 13.4. The molecule has 1 aliphatic rings. The lowest BCUT2D eigenvalue weighted by molar-refractivity contribution is 0.177. The third-order valence-electron chi connectivity index (χ3n) is 3.72. The van der Waals surface area contributed by atoms with Crippen LogP contribution in [0, 0.1) is 11.6 Å². The van der Waals surface area contributed by atoms with E-state index in [9.17, 15) is 13.9 Å². The van der Waals surface area contributed by atoms with E-state index in [0.717, 1.165) is 31.1 Å². The summed E-state index contributed by atoms with van der Waals surface area (Å²) < 4.78 is 26.9. The highest BCUT2D eigenvalue weighted by Gasteiger charge is 2.20. The van der Waals surface area contributed by atoms with Crippen LogP contribution in [0.4, 0.5) is 8.78 Å². The molecular formula is C14H16F2N2O. The van der Waals surface area contributed by atoms with Gasteiger partial charge in [-0.2, -0.15) is 0 Å². The van der Waals surface area contributed by atoms with Gasteiger partial charge in [0.25, 0.3) is 0 Å². The Hall–Kier alpha value is -1.46. The summed E-state index contributed by atoms with van der Waals surface area (Å²) in [4.78, 5) is 5.06. The Morgan fingerprint density at radius 3 is 2.95 bits per heavy atom. The van der Waals surface area contributed by atoms with Crippen LogP contribution in [0.2, 0.25) is 0 Å². The number of halogens is 2. The highest BCUT2D eigenvalue weighted by molar-refractivity contribution is 5.83. The predicted octanol–water partition coefficient (Wildman–Crippen LogP) is 2.06. The molecule has 1 atom stereocenters. The first-order valence-electron chi connectivity index (χ1n) is 6.49. The first-order valence-corrected chi connectivity index (χ1v) is 6.49. The average molecular weight is 266 g/mol. The van der Waals surface area contributed by atoms with Gasteiger partial charge in [-0.15, -0.1) is 0 Å². The number of benzene rings is 1. The van der Waals surface area contributed by atoms with Gasteiger partial charge in [0.15, 0.2) is 0 Å². The Bertz CT molecular complexity index is 596. The van der Waals surface area contributed by atoms with Gasteiger partial charge in [0, 0.05) is 37.3 Å². The maximum absolute atomic E-state index is 13.8. The Kier molecular flexibility index (Phi) is 3.24. The van der Waals surface area contributed by atoms with E-state index in [1.54, 1.807) is 6.20 Å². The number of H-pyrrole nitrogens is 1. The van der Waals surface area contributed by atoms with Crippen molar-refractivity contribution in [3.63, 3.8) is 0 Å². The number of fused-ring (bicyclic) bond motifs is 1. The maximum Gasteiger partial charge on any atom is 0.135 e. The van der Waals surface area contributed by atoms with Crippen molar-refractivity contribution in [3.05, 3.63) is 35.5 Å². The van der Waals surface area contributed by atoms with Gasteiger partial charge in [0.1, 0.15) is 11.6 Å². The summed E-state index contributed by atoms with van der Waals surface area (Å²) in [6, 6.07) is 2.22. The summed E-state index contributed by atoms with van der Waals surface area (Å²) in [6.07, 6.45) is 2.98. The van der Waals surface area contributed by atoms with Crippen molar-refractivity contribution in [3.8, 4) is 0 Å². The number of rotatable bonds is 3. The van der Waals surface area contributed by atoms with Crippen molar-refractivity contribution in [1.82, 2.24) is 9.88 Å². The maximum atomic E-state index is 13.8. The van der Waals surface area contributed by atoms with Gasteiger partial charge < -0.3 is 15.0 Å². The van der Waals surface area contributed by atoms with Gasteiger partial charge in [0.05, 0.1) is 11.6 Å². The van der Waals surface area contributed by atoms with Crippen LogP contribution in [0.25, 0.3) is 10.9 Å². The van der Waals surface area contributed by atoms with Gasteiger partial charge in [-0.25, -0.2) is 8.78 Å². The van der Waals surface area contributed by atoms with Crippen LogP contribution in [0.5, 0.6) is 0 Å². The second-order valence-electron chi connectivity index (χ2n) is 5.12. The fourth-order valence-electron chi connectivity index (χ4n) is 2.74. The molecule has 1 aromatic heterocycles. The summed E-state index contributed by atoms with van der Waals surface area (Å²) in [6.45, 7) is 2.33. The van der Waals surface area contributed by atoms with Gasteiger partial charge in [0.2, 0.25) is 0 Å².